The smallest absolute Gasteiger partial charge is 0.412 e. The first-order valence-corrected chi connectivity index (χ1v) is 6.68. The van der Waals surface area contributed by atoms with Crippen LogP contribution in [-0.4, -0.2) is 36.1 Å². The van der Waals surface area contributed by atoms with Crippen molar-refractivity contribution in [2.75, 3.05) is 18.4 Å². The molecule has 22 heavy (non-hydrogen) atoms. The summed E-state index contributed by atoms with van der Waals surface area (Å²) in [5, 5.41) is 2.43. The van der Waals surface area contributed by atoms with Crippen molar-refractivity contribution in [1.29, 1.82) is 0 Å². The molecule has 1 saturated heterocycles. The van der Waals surface area contributed by atoms with Gasteiger partial charge in [-0.2, -0.15) is 0 Å². The van der Waals surface area contributed by atoms with Gasteiger partial charge in [-0.25, -0.2) is 9.18 Å². The summed E-state index contributed by atoms with van der Waals surface area (Å²) in [6.07, 6.45) is 0.362. The van der Waals surface area contributed by atoms with Crippen molar-refractivity contribution in [1.82, 2.24) is 4.90 Å². The van der Waals surface area contributed by atoms with E-state index in [0.29, 0.717) is 18.8 Å². The van der Waals surface area contributed by atoms with E-state index in [0.717, 1.165) is 0 Å². The van der Waals surface area contributed by atoms with E-state index in [2.05, 4.69) is 5.32 Å². The highest BCUT2D eigenvalue weighted by molar-refractivity contribution is 5.92. The molecule has 1 aromatic carbocycles. The van der Waals surface area contributed by atoms with Crippen molar-refractivity contribution >= 4 is 17.7 Å². The van der Waals surface area contributed by atoms with E-state index in [1.165, 1.54) is 29.4 Å². The third-order valence-electron chi connectivity index (χ3n) is 3.21. The van der Waals surface area contributed by atoms with Crippen molar-refractivity contribution in [2.45, 2.75) is 6.10 Å². The molecule has 2 amide bonds. The van der Waals surface area contributed by atoms with Crippen LogP contribution in [0.2, 0.25) is 0 Å². The third kappa shape index (κ3) is 3.08. The number of carbonyl (C=O) groups is 2. The van der Waals surface area contributed by atoms with Crippen molar-refractivity contribution in [3.8, 4) is 0 Å². The number of halogens is 1. The molecule has 0 unspecified atom stereocenters. The zero-order valence-electron chi connectivity index (χ0n) is 11.5. The van der Waals surface area contributed by atoms with Crippen LogP contribution >= 0.6 is 0 Å². The predicted octanol–water partition coefficient (Wildman–Crippen LogP) is 2.49. The summed E-state index contributed by atoms with van der Waals surface area (Å²) in [7, 11) is 0. The lowest BCUT2D eigenvalue weighted by atomic mass is 10.1. The fourth-order valence-electron chi connectivity index (χ4n) is 2.10. The van der Waals surface area contributed by atoms with Gasteiger partial charge in [0.05, 0.1) is 19.4 Å². The van der Waals surface area contributed by atoms with Crippen LogP contribution in [0.25, 0.3) is 0 Å². The summed E-state index contributed by atoms with van der Waals surface area (Å²) in [6, 6.07) is 8.71. The van der Waals surface area contributed by atoms with Crippen LogP contribution in [0.3, 0.4) is 0 Å². The number of nitrogens with one attached hydrogen (secondary N) is 1. The number of hydrogen-bond acceptors (Lipinski definition) is 4. The molecule has 0 aliphatic carbocycles. The van der Waals surface area contributed by atoms with Crippen molar-refractivity contribution < 1.29 is 23.1 Å². The second-order valence-corrected chi connectivity index (χ2v) is 4.85. The first-order valence-electron chi connectivity index (χ1n) is 6.68. The normalized spacial score (nSPS) is 14.3. The Morgan fingerprint density at radius 2 is 2.09 bits per heavy atom. The van der Waals surface area contributed by atoms with E-state index < -0.39 is 11.9 Å². The van der Waals surface area contributed by atoms with Gasteiger partial charge < -0.3 is 14.1 Å². The number of likely N-dealkylation sites (tertiary alicyclic amines) is 1. The van der Waals surface area contributed by atoms with Gasteiger partial charge in [0.25, 0.3) is 5.91 Å². The van der Waals surface area contributed by atoms with Gasteiger partial charge >= 0.3 is 6.09 Å². The standard InChI is InChI=1S/C15H13FN2O4/c16-10-3-1-4-11(7-10)17-15(20)22-12-8-18(9-12)14(19)13-5-2-6-21-13/h1-7,12H,8-9H2,(H,17,20). The average molecular weight is 304 g/mol. The minimum atomic E-state index is -0.680. The molecular weight excluding hydrogens is 291 g/mol. The van der Waals surface area contributed by atoms with E-state index in [1.54, 1.807) is 18.2 Å². The molecule has 1 aliphatic rings. The molecule has 0 saturated carbocycles. The summed E-state index contributed by atoms with van der Waals surface area (Å²) in [6.45, 7) is 0.603. The fourth-order valence-corrected chi connectivity index (χ4v) is 2.10. The molecule has 6 nitrogen and oxygen atoms in total. The average Bonchev–Trinajstić information content (AvgIpc) is 2.96. The lowest BCUT2D eigenvalue weighted by Gasteiger charge is -2.37. The highest BCUT2D eigenvalue weighted by atomic mass is 19.1. The summed E-state index contributed by atoms with van der Waals surface area (Å²) in [5.74, 6) is -0.435. The van der Waals surface area contributed by atoms with Gasteiger partial charge in [0.15, 0.2) is 5.76 Å². The number of anilines is 1. The van der Waals surface area contributed by atoms with Crippen LogP contribution in [0.15, 0.2) is 47.1 Å². The Morgan fingerprint density at radius 3 is 2.77 bits per heavy atom. The lowest BCUT2D eigenvalue weighted by Crippen LogP contribution is -2.55. The van der Waals surface area contributed by atoms with Crippen molar-refractivity contribution in [3.63, 3.8) is 0 Å². The Labute approximate surface area is 125 Å². The Bertz CT molecular complexity index is 681. The van der Waals surface area contributed by atoms with E-state index in [9.17, 15) is 14.0 Å². The summed E-state index contributed by atoms with van der Waals surface area (Å²) in [5.41, 5.74) is 0.313. The predicted molar refractivity (Wildman–Crippen MR) is 74.9 cm³/mol. The number of rotatable bonds is 3. The number of nitrogens with zero attached hydrogens (tertiary/aromatic N) is 1. The molecule has 0 spiro atoms. The van der Waals surface area contributed by atoms with Crippen LogP contribution in [0.4, 0.5) is 14.9 Å². The van der Waals surface area contributed by atoms with Crippen LogP contribution < -0.4 is 5.32 Å². The quantitative estimate of drug-likeness (QED) is 0.945. The summed E-state index contributed by atoms with van der Waals surface area (Å²) in [4.78, 5) is 25.0. The zero-order valence-corrected chi connectivity index (χ0v) is 11.5. The van der Waals surface area contributed by atoms with Gasteiger partial charge in [-0.3, -0.25) is 10.1 Å². The maximum atomic E-state index is 13.0. The van der Waals surface area contributed by atoms with E-state index in [4.69, 9.17) is 9.15 Å². The molecule has 7 heteroatoms. The molecule has 3 rings (SSSR count). The van der Waals surface area contributed by atoms with Gasteiger partial charge in [-0.1, -0.05) is 6.07 Å². The van der Waals surface area contributed by atoms with Crippen LogP contribution in [0, 0.1) is 5.82 Å². The van der Waals surface area contributed by atoms with E-state index >= 15 is 0 Å². The highest BCUT2D eigenvalue weighted by Crippen LogP contribution is 2.17. The maximum absolute atomic E-state index is 13.0. The number of carbonyl (C=O) groups excluding carboxylic acids is 2. The lowest BCUT2D eigenvalue weighted by molar-refractivity contribution is -0.00367. The molecule has 1 aromatic heterocycles. The molecule has 0 bridgehead atoms. The topological polar surface area (TPSA) is 71.8 Å². The summed E-state index contributed by atoms with van der Waals surface area (Å²) < 4.78 is 23.1. The number of ether oxygens (including phenoxy) is 1. The Balaban J connectivity index is 1.46. The monoisotopic (exact) mass is 304 g/mol. The van der Waals surface area contributed by atoms with Crippen molar-refractivity contribution in [2.24, 2.45) is 0 Å². The van der Waals surface area contributed by atoms with Crippen molar-refractivity contribution in [3.05, 3.63) is 54.2 Å². The SMILES string of the molecule is O=C(Nc1cccc(F)c1)OC1CN(C(=O)c2ccco2)C1. The molecule has 0 radical (unpaired) electrons. The molecule has 2 heterocycles. The number of hydrogen-bond donors (Lipinski definition) is 1. The molecule has 0 atom stereocenters. The first-order chi connectivity index (χ1) is 10.6. The maximum Gasteiger partial charge on any atom is 0.412 e. The van der Waals surface area contributed by atoms with Gasteiger partial charge in [0.1, 0.15) is 11.9 Å². The largest absolute Gasteiger partial charge is 0.459 e. The van der Waals surface area contributed by atoms with Gasteiger partial charge in [-0.05, 0) is 30.3 Å². The van der Waals surface area contributed by atoms with Crippen LogP contribution in [0.5, 0.6) is 0 Å². The minimum Gasteiger partial charge on any atom is -0.459 e. The van der Waals surface area contributed by atoms with E-state index in [-0.39, 0.29) is 17.8 Å². The Kier molecular flexibility index (Phi) is 3.78. The molecule has 1 N–H and O–H groups in total. The second kappa shape index (κ2) is 5.88. The summed E-state index contributed by atoms with van der Waals surface area (Å²) >= 11 is 0. The second-order valence-electron chi connectivity index (χ2n) is 4.85. The number of benzene rings is 1. The fraction of sp³-hybridized carbons (Fsp3) is 0.200. The number of amides is 2. The van der Waals surface area contributed by atoms with Crippen LogP contribution in [-0.2, 0) is 4.74 Å². The molecule has 1 fully saturated rings. The zero-order chi connectivity index (χ0) is 15.5. The molecule has 114 valence electrons. The van der Waals surface area contributed by atoms with E-state index in [1.807, 2.05) is 0 Å². The minimum absolute atomic E-state index is 0.240. The van der Waals surface area contributed by atoms with Gasteiger partial charge in [0, 0.05) is 5.69 Å². The molecule has 1 aliphatic heterocycles. The Morgan fingerprint density at radius 1 is 1.27 bits per heavy atom. The Hall–Kier alpha value is -2.83. The molecule has 2 aromatic rings. The van der Waals surface area contributed by atoms with Gasteiger partial charge in [-0.15, -0.1) is 0 Å². The number of furan rings is 1. The third-order valence-corrected chi connectivity index (χ3v) is 3.21. The van der Waals surface area contributed by atoms with Crippen LogP contribution in [0.1, 0.15) is 10.6 Å². The van der Waals surface area contributed by atoms with Gasteiger partial charge in [0.2, 0.25) is 0 Å². The first kappa shape index (κ1) is 14.1. The molecular formula is C15H13FN2O4. The highest BCUT2D eigenvalue weighted by Gasteiger charge is 2.35.